The molecule has 2 aromatic rings. The molecule has 0 aromatic carbocycles. The summed E-state index contributed by atoms with van der Waals surface area (Å²) in [4.78, 5) is 6.68. The van der Waals surface area contributed by atoms with Crippen LogP contribution in [-0.4, -0.2) is 33.2 Å². The fraction of sp³-hybridized carbons (Fsp3) is 0.529. The number of aliphatic hydroxyl groups excluding tert-OH is 1. The number of rotatable bonds is 4. The molecule has 1 fully saturated rings. The number of hydrogen-bond donors (Lipinski definition) is 1. The van der Waals surface area contributed by atoms with Gasteiger partial charge in [-0.2, -0.15) is 0 Å². The standard InChI is InChI=1S/C17H23N3O2/c1-12-15(13(2)22-19-12)11-20-9-6-14(7-10-20)17(21)16-5-3-4-8-18-16/h3-5,8,14,17,21H,6-7,9-11H2,1-2H3/t17-/m1/s1. The number of likely N-dealkylation sites (tertiary alicyclic amines) is 1. The monoisotopic (exact) mass is 301 g/mol. The zero-order valence-corrected chi connectivity index (χ0v) is 13.2. The van der Waals surface area contributed by atoms with Gasteiger partial charge in [0, 0.05) is 18.3 Å². The number of hydrogen-bond acceptors (Lipinski definition) is 5. The molecule has 1 atom stereocenters. The van der Waals surface area contributed by atoms with Gasteiger partial charge in [0.2, 0.25) is 0 Å². The summed E-state index contributed by atoms with van der Waals surface area (Å²) < 4.78 is 5.23. The Morgan fingerprint density at radius 2 is 2.09 bits per heavy atom. The van der Waals surface area contributed by atoms with E-state index in [0.717, 1.165) is 49.6 Å². The molecule has 3 heterocycles. The van der Waals surface area contributed by atoms with Gasteiger partial charge in [-0.05, 0) is 57.8 Å². The molecule has 0 spiro atoms. The minimum Gasteiger partial charge on any atom is -0.387 e. The second-order valence-corrected chi connectivity index (χ2v) is 6.12. The molecule has 0 aliphatic carbocycles. The molecule has 0 amide bonds. The van der Waals surface area contributed by atoms with Crippen molar-refractivity contribution in [2.75, 3.05) is 13.1 Å². The summed E-state index contributed by atoms with van der Waals surface area (Å²) in [6.45, 7) is 6.81. The van der Waals surface area contributed by atoms with E-state index in [1.165, 1.54) is 5.56 Å². The zero-order chi connectivity index (χ0) is 15.5. The van der Waals surface area contributed by atoms with E-state index in [0.29, 0.717) is 0 Å². The van der Waals surface area contributed by atoms with E-state index in [2.05, 4.69) is 15.0 Å². The van der Waals surface area contributed by atoms with Gasteiger partial charge >= 0.3 is 0 Å². The van der Waals surface area contributed by atoms with Crippen molar-refractivity contribution in [3.63, 3.8) is 0 Å². The van der Waals surface area contributed by atoms with E-state index in [9.17, 15) is 5.11 Å². The predicted molar refractivity (Wildman–Crippen MR) is 83.2 cm³/mol. The fourth-order valence-electron chi connectivity index (χ4n) is 3.17. The summed E-state index contributed by atoms with van der Waals surface area (Å²) in [5, 5.41) is 14.5. The Morgan fingerprint density at radius 1 is 1.32 bits per heavy atom. The largest absolute Gasteiger partial charge is 0.387 e. The van der Waals surface area contributed by atoms with Crippen LogP contribution in [0.15, 0.2) is 28.9 Å². The molecule has 3 rings (SSSR count). The van der Waals surface area contributed by atoms with Gasteiger partial charge in [-0.1, -0.05) is 11.2 Å². The maximum absolute atomic E-state index is 10.5. The Hall–Kier alpha value is -1.72. The second-order valence-electron chi connectivity index (χ2n) is 6.12. The molecular formula is C17H23N3O2. The van der Waals surface area contributed by atoms with Crippen LogP contribution in [0.4, 0.5) is 0 Å². The highest BCUT2D eigenvalue weighted by Gasteiger charge is 2.27. The molecule has 118 valence electrons. The SMILES string of the molecule is Cc1noc(C)c1CN1CCC([C@@H](O)c2ccccn2)CC1. The summed E-state index contributed by atoms with van der Waals surface area (Å²) in [7, 11) is 0. The van der Waals surface area contributed by atoms with Crippen molar-refractivity contribution in [2.24, 2.45) is 5.92 Å². The lowest BCUT2D eigenvalue weighted by Crippen LogP contribution is -2.35. The number of nitrogens with zero attached hydrogens (tertiary/aromatic N) is 3. The number of pyridine rings is 1. The third-order valence-electron chi connectivity index (χ3n) is 4.63. The Morgan fingerprint density at radius 3 is 2.68 bits per heavy atom. The second kappa shape index (κ2) is 6.58. The topological polar surface area (TPSA) is 62.4 Å². The smallest absolute Gasteiger partial charge is 0.138 e. The molecule has 5 heteroatoms. The lowest BCUT2D eigenvalue weighted by Gasteiger charge is -2.34. The highest BCUT2D eigenvalue weighted by atomic mass is 16.5. The van der Waals surface area contributed by atoms with Crippen molar-refractivity contribution >= 4 is 0 Å². The number of aryl methyl sites for hydroxylation is 2. The normalized spacial score (nSPS) is 18.5. The Bertz CT molecular complexity index is 584. The maximum atomic E-state index is 10.5. The molecule has 1 N–H and O–H groups in total. The summed E-state index contributed by atoms with van der Waals surface area (Å²) in [6.07, 6.45) is 3.26. The third-order valence-corrected chi connectivity index (χ3v) is 4.63. The number of aliphatic hydroxyl groups is 1. The molecule has 0 bridgehead atoms. The first-order chi connectivity index (χ1) is 10.6. The van der Waals surface area contributed by atoms with Crippen molar-refractivity contribution in [3.05, 3.63) is 47.1 Å². The van der Waals surface area contributed by atoms with Gasteiger partial charge in [0.05, 0.1) is 17.5 Å². The van der Waals surface area contributed by atoms with Crippen LogP contribution in [0.5, 0.6) is 0 Å². The Balaban J connectivity index is 1.56. The van der Waals surface area contributed by atoms with Gasteiger partial charge in [0.15, 0.2) is 0 Å². The van der Waals surface area contributed by atoms with E-state index in [1.54, 1.807) is 6.20 Å². The molecular weight excluding hydrogens is 278 g/mol. The van der Waals surface area contributed by atoms with Crippen LogP contribution in [0.25, 0.3) is 0 Å². The lowest BCUT2D eigenvalue weighted by molar-refractivity contribution is 0.0538. The highest BCUT2D eigenvalue weighted by molar-refractivity contribution is 5.20. The first-order valence-electron chi connectivity index (χ1n) is 7.88. The molecule has 0 radical (unpaired) electrons. The van der Waals surface area contributed by atoms with Crippen molar-refractivity contribution in [2.45, 2.75) is 39.3 Å². The maximum Gasteiger partial charge on any atom is 0.138 e. The minimum atomic E-state index is -0.456. The van der Waals surface area contributed by atoms with E-state index in [-0.39, 0.29) is 5.92 Å². The third kappa shape index (κ3) is 3.20. The van der Waals surface area contributed by atoms with Crippen molar-refractivity contribution in [1.82, 2.24) is 15.0 Å². The van der Waals surface area contributed by atoms with E-state index in [4.69, 9.17) is 4.52 Å². The molecule has 0 saturated carbocycles. The van der Waals surface area contributed by atoms with Gasteiger partial charge in [0.1, 0.15) is 5.76 Å². The van der Waals surface area contributed by atoms with Crippen LogP contribution in [0.1, 0.15) is 41.7 Å². The zero-order valence-electron chi connectivity index (χ0n) is 13.2. The Labute approximate surface area is 131 Å². The first kappa shape index (κ1) is 15.2. The van der Waals surface area contributed by atoms with Crippen LogP contribution in [0.3, 0.4) is 0 Å². The average Bonchev–Trinajstić information content (AvgIpc) is 2.88. The van der Waals surface area contributed by atoms with Crippen LogP contribution in [0, 0.1) is 19.8 Å². The Kier molecular flexibility index (Phi) is 4.55. The molecule has 1 saturated heterocycles. The summed E-state index contributed by atoms with van der Waals surface area (Å²) in [6, 6.07) is 5.71. The highest BCUT2D eigenvalue weighted by Crippen LogP contribution is 2.30. The average molecular weight is 301 g/mol. The van der Waals surface area contributed by atoms with Crippen LogP contribution in [0.2, 0.25) is 0 Å². The molecule has 22 heavy (non-hydrogen) atoms. The van der Waals surface area contributed by atoms with E-state index >= 15 is 0 Å². The molecule has 1 aliphatic rings. The quantitative estimate of drug-likeness (QED) is 0.940. The number of piperidine rings is 1. The van der Waals surface area contributed by atoms with Crippen molar-refractivity contribution < 1.29 is 9.63 Å². The minimum absolute atomic E-state index is 0.288. The summed E-state index contributed by atoms with van der Waals surface area (Å²) in [5.41, 5.74) is 2.96. The molecule has 0 unspecified atom stereocenters. The molecule has 5 nitrogen and oxygen atoms in total. The molecule has 2 aromatic heterocycles. The van der Waals surface area contributed by atoms with Crippen molar-refractivity contribution in [1.29, 1.82) is 0 Å². The van der Waals surface area contributed by atoms with Gasteiger partial charge in [0.25, 0.3) is 0 Å². The van der Waals surface area contributed by atoms with Crippen LogP contribution in [-0.2, 0) is 6.54 Å². The fourth-order valence-corrected chi connectivity index (χ4v) is 3.17. The van der Waals surface area contributed by atoms with Gasteiger partial charge in [-0.15, -0.1) is 0 Å². The molecule has 1 aliphatic heterocycles. The predicted octanol–water partition coefficient (Wildman–Crippen LogP) is 2.63. The van der Waals surface area contributed by atoms with E-state index in [1.807, 2.05) is 32.0 Å². The van der Waals surface area contributed by atoms with E-state index < -0.39 is 6.10 Å². The van der Waals surface area contributed by atoms with Crippen molar-refractivity contribution in [3.8, 4) is 0 Å². The summed E-state index contributed by atoms with van der Waals surface area (Å²) >= 11 is 0. The van der Waals surface area contributed by atoms with Gasteiger partial charge in [-0.25, -0.2) is 0 Å². The van der Waals surface area contributed by atoms with Crippen LogP contribution < -0.4 is 0 Å². The van der Waals surface area contributed by atoms with Gasteiger partial charge < -0.3 is 9.63 Å². The summed E-state index contributed by atoms with van der Waals surface area (Å²) in [5.74, 6) is 1.20. The van der Waals surface area contributed by atoms with Gasteiger partial charge in [-0.3, -0.25) is 9.88 Å². The van der Waals surface area contributed by atoms with Crippen LogP contribution >= 0.6 is 0 Å². The lowest BCUT2D eigenvalue weighted by atomic mass is 9.89. The number of aromatic nitrogens is 2. The first-order valence-corrected chi connectivity index (χ1v) is 7.88.